The van der Waals surface area contributed by atoms with Gasteiger partial charge in [-0.1, -0.05) is 17.7 Å². The maximum atomic E-state index is 13.8. The summed E-state index contributed by atoms with van der Waals surface area (Å²) in [5.41, 5.74) is 0.786. The number of hydrogen-bond acceptors (Lipinski definition) is 3. The van der Waals surface area contributed by atoms with E-state index in [1.807, 2.05) is 66.9 Å². The Labute approximate surface area is 255 Å². The number of piperazine rings is 1. The Hall–Kier alpha value is -4.74. The molecule has 0 aliphatic carbocycles. The zero-order valence-electron chi connectivity index (χ0n) is 24.6. The van der Waals surface area contributed by atoms with Crippen LogP contribution in [-0.4, -0.2) is 59.5 Å². The van der Waals surface area contributed by atoms with Crippen molar-refractivity contribution in [3.05, 3.63) is 106 Å². The Bertz CT molecular complexity index is 1680. The minimum atomic E-state index is -5.07. The average Bonchev–Trinajstić information content (AvgIpc) is 3.36. The van der Waals surface area contributed by atoms with Gasteiger partial charge in [-0.25, -0.2) is 0 Å². The highest BCUT2D eigenvalue weighted by atomic mass is 19.4. The molecule has 1 aliphatic heterocycles. The van der Waals surface area contributed by atoms with E-state index in [4.69, 9.17) is 4.74 Å². The topological polar surface area (TPSA) is 54.8 Å². The Morgan fingerprint density at radius 2 is 1.20 bits per heavy atom. The number of carbonyl (C=O) groups is 2. The van der Waals surface area contributed by atoms with Crippen LogP contribution >= 0.6 is 0 Å². The Morgan fingerprint density at radius 1 is 0.689 bits per heavy atom. The van der Waals surface area contributed by atoms with E-state index in [1.165, 1.54) is 4.90 Å². The number of methoxy groups -OCH3 is 1. The monoisotopic (exact) mass is 629 g/mol. The van der Waals surface area contributed by atoms with Crippen LogP contribution in [0.25, 0.3) is 16.9 Å². The fourth-order valence-corrected chi connectivity index (χ4v) is 5.37. The van der Waals surface area contributed by atoms with Gasteiger partial charge in [0.2, 0.25) is 0 Å². The van der Waals surface area contributed by atoms with Crippen LogP contribution in [0, 0.1) is 13.8 Å². The maximum Gasteiger partial charge on any atom is 0.416 e. The molecule has 0 bridgehead atoms. The lowest BCUT2D eigenvalue weighted by molar-refractivity contribution is -0.143. The molecule has 6 nitrogen and oxygen atoms in total. The molecular weight excluding hydrogens is 600 g/mol. The molecule has 0 atom stereocenters. The van der Waals surface area contributed by atoms with Crippen molar-refractivity contribution < 1.29 is 40.7 Å². The second-order valence-electron chi connectivity index (χ2n) is 10.8. The van der Waals surface area contributed by atoms with Crippen LogP contribution in [0.15, 0.2) is 72.8 Å². The molecule has 1 saturated heterocycles. The number of alkyl halides is 6. The van der Waals surface area contributed by atoms with E-state index in [1.54, 1.807) is 13.2 Å². The van der Waals surface area contributed by atoms with Crippen LogP contribution in [0.4, 0.5) is 26.3 Å². The highest BCUT2D eigenvalue weighted by Gasteiger charge is 2.38. The number of benzene rings is 3. The van der Waals surface area contributed by atoms with Gasteiger partial charge in [0.1, 0.15) is 5.75 Å². The van der Waals surface area contributed by atoms with Crippen molar-refractivity contribution in [2.75, 3.05) is 33.3 Å². The molecule has 0 N–H and O–H groups in total. The van der Waals surface area contributed by atoms with Crippen LogP contribution < -0.4 is 4.74 Å². The van der Waals surface area contributed by atoms with Gasteiger partial charge in [0.15, 0.2) is 0 Å². The molecule has 1 aromatic heterocycles. The Kier molecular flexibility index (Phi) is 8.43. The van der Waals surface area contributed by atoms with Gasteiger partial charge in [0.05, 0.1) is 29.5 Å². The molecule has 1 aliphatic rings. The number of nitrogens with zero attached hydrogens (tertiary/aromatic N) is 3. The number of carbonyl (C=O) groups excluding carboxylic acids is 2. The number of rotatable bonds is 5. The highest BCUT2D eigenvalue weighted by Crippen LogP contribution is 2.37. The predicted molar refractivity (Wildman–Crippen MR) is 155 cm³/mol. The summed E-state index contributed by atoms with van der Waals surface area (Å²) >= 11 is 0. The molecule has 4 aromatic rings. The number of aryl methyl sites for hydroxylation is 1. The van der Waals surface area contributed by atoms with E-state index in [-0.39, 0.29) is 38.2 Å². The number of amides is 2. The quantitative estimate of drug-likeness (QED) is 0.216. The third-order valence-corrected chi connectivity index (χ3v) is 7.84. The lowest BCUT2D eigenvalue weighted by Crippen LogP contribution is -2.50. The normalized spacial score (nSPS) is 14.1. The molecular formula is C33H29F6N3O3. The summed E-state index contributed by atoms with van der Waals surface area (Å²) in [6, 6.07) is 17.9. The SMILES string of the molecule is COc1ccc(-c2cc(C(=O)N3CCN(C(=O)c4cc(C(F)(F)F)cc(C(F)(F)F)c4)CC3)c(C)n2-c2ccc(C)cc2)cc1. The Balaban J connectivity index is 1.40. The number of aromatic nitrogens is 1. The van der Waals surface area contributed by atoms with Crippen molar-refractivity contribution >= 4 is 11.8 Å². The zero-order valence-corrected chi connectivity index (χ0v) is 24.6. The molecule has 1 fully saturated rings. The van der Waals surface area contributed by atoms with Crippen molar-refractivity contribution in [1.82, 2.24) is 14.4 Å². The molecule has 236 valence electrons. The van der Waals surface area contributed by atoms with Gasteiger partial charge >= 0.3 is 12.4 Å². The van der Waals surface area contributed by atoms with Crippen molar-refractivity contribution in [3.63, 3.8) is 0 Å². The summed E-state index contributed by atoms with van der Waals surface area (Å²) < 4.78 is 87.2. The second-order valence-corrected chi connectivity index (χ2v) is 10.8. The van der Waals surface area contributed by atoms with Crippen molar-refractivity contribution in [1.29, 1.82) is 0 Å². The standard InChI is InChI=1S/C33H29F6N3O3/c1-20-4-8-26(9-5-20)42-21(2)28(19-29(42)22-6-10-27(45-3)11-7-22)31(44)41-14-12-40(13-15-41)30(43)23-16-24(32(34,35)36)18-25(17-23)33(37,38)39/h4-11,16-19H,12-15H2,1-3H3. The lowest BCUT2D eigenvalue weighted by Gasteiger charge is -2.35. The first kappa shape index (κ1) is 31.7. The first-order chi connectivity index (χ1) is 21.2. The zero-order chi connectivity index (χ0) is 32.7. The maximum absolute atomic E-state index is 13.8. The number of ether oxygens (including phenoxy) is 1. The van der Waals surface area contributed by atoms with Gasteiger partial charge in [-0.3, -0.25) is 9.59 Å². The van der Waals surface area contributed by atoms with Gasteiger partial charge in [-0.15, -0.1) is 0 Å². The van der Waals surface area contributed by atoms with Crippen molar-refractivity contribution in [2.24, 2.45) is 0 Å². The average molecular weight is 630 g/mol. The van der Waals surface area contributed by atoms with Gasteiger partial charge in [0.25, 0.3) is 11.8 Å². The highest BCUT2D eigenvalue weighted by molar-refractivity contribution is 5.98. The van der Waals surface area contributed by atoms with Crippen LogP contribution in [-0.2, 0) is 12.4 Å². The van der Waals surface area contributed by atoms with E-state index < -0.39 is 35.0 Å². The molecule has 0 spiro atoms. The first-order valence-electron chi connectivity index (χ1n) is 14.0. The van der Waals surface area contributed by atoms with E-state index in [2.05, 4.69) is 0 Å². The van der Waals surface area contributed by atoms with E-state index in [0.717, 1.165) is 27.4 Å². The molecule has 0 unspecified atom stereocenters. The van der Waals surface area contributed by atoms with E-state index in [9.17, 15) is 35.9 Å². The largest absolute Gasteiger partial charge is 0.497 e. The van der Waals surface area contributed by atoms with Crippen LogP contribution in [0.5, 0.6) is 5.75 Å². The summed E-state index contributed by atoms with van der Waals surface area (Å²) in [6.45, 7) is 3.76. The van der Waals surface area contributed by atoms with Crippen molar-refractivity contribution in [2.45, 2.75) is 26.2 Å². The molecule has 5 rings (SSSR count). The van der Waals surface area contributed by atoms with Crippen molar-refractivity contribution in [3.8, 4) is 22.7 Å². The predicted octanol–water partition coefficient (Wildman–Crippen LogP) is 7.41. The van der Waals surface area contributed by atoms with Crippen LogP contribution in [0.1, 0.15) is 43.1 Å². The minimum absolute atomic E-state index is 0.0152. The minimum Gasteiger partial charge on any atom is -0.497 e. The molecule has 0 saturated carbocycles. The molecule has 12 heteroatoms. The molecule has 2 heterocycles. The van der Waals surface area contributed by atoms with Crippen LogP contribution in [0.3, 0.4) is 0 Å². The third kappa shape index (κ3) is 6.54. The van der Waals surface area contributed by atoms with Gasteiger partial charge < -0.3 is 19.1 Å². The van der Waals surface area contributed by atoms with Crippen LogP contribution in [0.2, 0.25) is 0 Å². The van der Waals surface area contributed by atoms with Gasteiger partial charge in [-0.05, 0) is 80.1 Å². The second kappa shape index (κ2) is 12.0. The fraction of sp³-hybridized carbons (Fsp3) is 0.273. The summed E-state index contributed by atoms with van der Waals surface area (Å²) in [5, 5.41) is 0. The van der Waals surface area contributed by atoms with E-state index in [0.29, 0.717) is 29.1 Å². The number of halogens is 6. The molecule has 45 heavy (non-hydrogen) atoms. The fourth-order valence-electron chi connectivity index (χ4n) is 5.37. The summed E-state index contributed by atoms with van der Waals surface area (Å²) in [7, 11) is 1.57. The van der Waals surface area contributed by atoms with Gasteiger partial charge in [-0.2, -0.15) is 26.3 Å². The van der Waals surface area contributed by atoms with E-state index >= 15 is 0 Å². The summed E-state index contributed by atoms with van der Waals surface area (Å²) in [5.74, 6) is -0.603. The molecule has 0 radical (unpaired) electrons. The third-order valence-electron chi connectivity index (χ3n) is 7.84. The number of hydrogen-bond donors (Lipinski definition) is 0. The molecule has 3 aromatic carbocycles. The summed E-state index contributed by atoms with van der Waals surface area (Å²) in [6.07, 6.45) is -10.1. The Morgan fingerprint density at radius 3 is 1.69 bits per heavy atom. The molecule has 2 amide bonds. The smallest absolute Gasteiger partial charge is 0.416 e. The summed E-state index contributed by atoms with van der Waals surface area (Å²) in [4.78, 5) is 29.5. The van der Waals surface area contributed by atoms with Gasteiger partial charge in [0, 0.05) is 43.1 Å². The lowest BCUT2D eigenvalue weighted by atomic mass is 10.0. The first-order valence-corrected chi connectivity index (χ1v) is 14.0.